The molecule has 1 amide bonds. The average molecular weight is 354 g/mol. The molecule has 1 saturated heterocycles. The first-order valence-corrected chi connectivity index (χ1v) is 9.26. The molecule has 136 valence electrons. The fourth-order valence-electron chi connectivity index (χ4n) is 3.43. The van der Waals surface area contributed by atoms with Gasteiger partial charge in [-0.2, -0.15) is 0 Å². The molecular weight excluding hydrogens is 331 g/mol. The van der Waals surface area contributed by atoms with Crippen molar-refractivity contribution in [1.82, 2.24) is 10.2 Å². The third-order valence-corrected chi connectivity index (χ3v) is 5.09. The number of ether oxygens (including phenoxy) is 1. The van der Waals surface area contributed by atoms with Gasteiger partial charge < -0.3 is 15.0 Å². The van der Waals surface area contributed by atoms with Gasteiger partial charge in [-0.3, -0.25) is 4.79 Å². The van der Waals surface area contributed by atoms with Crippen LogP contribution in [0.4, 0.5) is 4.39 Å². The molecule has 1 heterocycles. The second-order valence-corrected chi connectivity index (χ2v) is 7.10. The fourth-order valence-corrected chi connectivity index (χ4v) is 3.43. The van der Waals surface area contributed by atoms with Crippen molar-refractivity contribution in [1.29, 1.82) is 0 Å². The smallest absolute Gasteiger partial charge is 0.251 e. The summed E-state index contributed by atoms with van der Waals surface area (Å²) in [5, 5.41) is 3.14. The topological polar surface area (TPSA) is 41.6 Å². The standard InChI is InChI=1S/C21H23FN2O2/c22-16-3-9-20(10-4-16)26-19-7-1-15(2-8-19)21(25)23-17-11-13-24(14-12-17)18-5-6-18/h1-4,7-10,17-18H,5-6,11-14H2,(H,23,25). The highest BCUT2D eigenvalue weighted by Crippen LogP contribution is 2.29. The Balaban J connectivity index is 1.30. The van der Waals surface area contributed by atoms with E-state index in [-0.39, 0.29) is 17.8 Å². The Morgan fingerprint density at radius 2 is 1.50 bits per heavy atom. The summed E-state index contributed by atoms with van der Waals surface area (Å²) in [5.74, 6) is 0.840. The Bertz CT molecular complexity index is 749. The molecule has 1 saturated carbocycles. The predicted octanol–water partition coefficient (Wildman–Crippen LogP) is 3.97. The summed E-state index contributed by atoms with van der Waals surface area (Å²) in [6.45, 7) is 2.17. The van der Waals surface area contributed by atoms with Gasteiger partial charge in [-0.05, 0) is 74.2 Å². The lowest BCUT2D eigenvalue weighted by Gasteiger charge is -2.32. The molecule has 2 aromatic carbocycles. The van der Waals surface area contributed by atoms with Crippen LogP contribution in [0, 0.1) is 5.82 Å². The maximum absolute atomic E-state index is 12.9. The Morgan fingerprint density at radius 1 is 0.923 bits per heavy atom. The van der Waals surface area contributed by atoms with Crippen LogP contribution in [-0.2, 0) is 0 Å². The quantitative estimate of drug-likeness (QED) is 0.883. The molecule has 26 heavy (non-hydrogen) atoms. The fraction of sp³-hybridized carbons (Fsp3) is 0.381. The summed E-state index contributed by atoms with van der Waals surface area (Å²) in [5.41, 5.74) is 0.626. The lowest BCUT2D eigenvalue weighted by molar-refractivity contribution is 0.0909. The summed E-state index contributed by atoms with van der Waals surface area (Å²) in [6, 6.07) is 13.9. The molecule has 4 nitrogen and oxygen atoms in total. The van der Waals surface area contributed by atoms with E-state index in [0.717, 1.165) is 32.0 Å². The predicted molar refractivity (Wildman–Crippen MR) is 98.0 cm³/mol. The van der Waals surface area contributed by atoms with Crippen molar-refractivity contribution in [2.75, 3.05) is 13.1 Å². The Kier molecular flexibility index (Phi) is 4.89. The summed E-state index contributed by atoms with van der Waals surface area (Å²) in [7, 11) is 0. The molecule has 0 aromatic heterocycles. The third-order valence-electron chi connectivity index (χ3n) is 5.09. The molecule has 4 rings (SSSR count). The zero-order valence-electron chi connectivity index (χ0n) is 14.7. The highest BCUT2D eigenvalue weighted by molar-refractivity contribution is 5.94. The molecule has 1 N–H and O–H groups in total. The van der Waals surface area contributed by atoms with E-state index < -0.39 is 0 Å². The highest BCUT2D eigenvalue weighted by atomic mass is 19.1. The van der Waals surface area contributed by atoms with Gasteiger partial charge in [-0.1, -0.05) is 0 Å². The maximum Gasteiger partial charge on any atom is 0.251 e. The van der Waals surface area contributed by atoms with Crippen molar-refractivity contribution < 1.29 is 13.9 Å². The number of nitrogens with zero attached hydrogens (tertiary/aromatic N) is 1. The van der Waals surface area contributed by atoms with Gasteiger partial charge in [0.15, 0.2) is 0 Å². The van der Waals surface area contributed by atoms with Crippen molar-refractivity contribution in [2.45, 2.75) is 37.8 Å². The number of halogens is 1. The SMILES string of the molecule is O=C(NC1CCN(C2CC2)CC1)c1ccc(Oc2ccc(F)cc2)cc1. The van der Waals surface area contributed by atoms with E-state index in [0.29, 0.717) is 17.1 Å². The molecule has 1 aliphatic heterocycles. The third kappa shape index (κ3) is 4.22. The molecule has 1 aliphatic carbocycles. The van der Waals surface area contributed by atoms with Gasteiger partial charge in [-0.15, -0.1) is 0 Å². The largest absolute Gasteiger partial charge is 0.457 e. The number of nitrogens with one attached hydrogen (secondary N) is 1. The minimum absolute atomic E-state index is 0.0387. The van der Waals surface area contributed by atoms with Crippen molar-refractivity contribution in [2.24, 2.45) is 0 Å². The molecule has 2 fully saturated rings. The van der Waals surface area contributed by atoms with E-state index >= 15 is 0 Å². The van der Waals surface area contributed by atoms with Crippen LogP contribution in [0.15, 0.2) is 48.5 Å². The molecule has 0 radical (unpaired) electrons. The summed E-state index contributed by atoms with van der Waals surface area (Å²) >= 11 is 0. The Morgan fingerprint density at radius 3 is 2.08 bits per heavy atom. The molecular formula is C21H23FN2O2. The lowest BCUT2D eigenvalue weighted by atomic mass is 10.0. The minimum atomic E-state index is -0.299. The van der Waals surface area contributed by atoms with E-state index in [1.165, 1.54) is 25.0 Å². The summed E-state index contributed by atoms with van der Waals surface area (Å²) in [4.78, 5) is 15.0. The number of likely N-dealkylation sites (tertiary alicyclic amines) is 1. The number of piperidine rings is 1. The van der Waals surface area contributed by atoms with Crippen molar-refractivity contribution >= 4 is 5.91 Å². The lowest BCUT2D eigenvalue weighted by Crippen LogP contribution is -2.45. The van der Waals surface area contributed by atoms with E-state index in [4.69, 9.17) is 4.74 Å². The number of hydrogen-bond acceptors (Lipinski definition) is 3. The van der Waals surface area contributed by atoms with Crippen LogP contribution < -0.4 is 10.1 Å². The number of amides is 1. The summed E-state index contributed by atoms with van der Waals surface area (Å²) in [6.07, 6.45) is 4.72. The Hall–Kier alpha value is -2.40. The number of carbonyl (C=O) groups excluding carboxylic acids is 1. The average Bonchev–Trinajstić information content (AvgIpc) is 3.50. The molecule has 2 aliphatic rings. The van der Waals surface area contributed by atoms with E-state index in [1.807, 2.05) is 0 Å². The van der Waals surface area contributed by atoms with Gasteiger partial charge in [0.1, 0.15) is 17.3 Å². The maximum atomic E-state index is 12.9. The first kappa shape index (κ1) is 17.0. The second-order valence-electron chi connectivity index (χ2n) is 7.10. The molecule has 0 unspecified atom stereocenters. The molecule has 0 spiro atoms. The van der Waals surface area contributed by atoms with E-state index in [9.17, 15) is 9.18 Å². The van der Waals surface area contributed by atoms with Gasteiger partial charge in [-0.25, -0.2) is 4.39 Å². The normalized spacial score (nSPS) is 18.5. The molecule has 0 atom stereocenters. The zero-order valence-corrected chi connectivity index (χ0v) is 14.7. The number of benzene rings is 2. The van der Waals surface area contributed by atoms with Crippen molar-refractivity contribution in [3.05, 3.63) is 59.9 Å². The van der Waals surface area contributed by atoms with Crippen LogP contribution in [0.2, 0.25) is 0 Å². The van der Waals surface area contributed by atoms with Crippen LogP contribution >= 0.6 is 0 Å². The van der Waals surface area contributed by atoms with Gasteiger partial charge in [0.25, 0.3) is 5.91 Å². The number of hydrogen-bond donors (Lipinski definition) is 1. The first-order chi connectivity index (χ1) is 12.7. The molecule has 0 bridgehead atoms. The van der Waals surface area contributed by atoms with Crippen molar-refractivity contribution in [3.63, 3.8) is 0 Å². The molecule has 5 heteroatoms. The monoisotopic (exact) mass is 354 g/mol. The zero-order chi connectivity index (χ0) is 17.9. The first-order valence-electron chi connectivity index (χ1n) is 9.26. The summed E-state index contributed by atoms with van der Waals surface area (Å²) < 4.78 is 18.6. The van der Waals surface area contributed by atoms with Gasteiger partial charge in [0, 0.05) is 30.7 Å². The van der Waals surface area contributed by atoms with E-state index in [1.54, 1.807) is 36.4 Å². The van der Waals surface area contributed by atoms with Gasteiger partial charge in [0.05, 0.1) is 0 Å². The van der Waals surface area contributed by atoms with Gasteiger partial charge >= 0.3 is 0 Å². The number of carbonyl (C=O) groups is 1. The van der Waals surface area contributed by atoms with Crippen molar-refractivity contribution in [3.8, 4) is 11.5 Å². The van der Waals surface area contributed by atoms with Crippen LogP contribution in [0.5, 0.6) is 11.5 Å². The van der Waals surface area contributed by atoms with Gasteiger partial charge in [0.2, 0.25) is 0 Å². The van der Waals surface area contributed by atoms with Crippen LogP contribution in [0.3, 0.4) is 0 Å². The van der Waals surface area contributed by atoms with Crippen LogP contribution in [-0.4, -0.2) is 36.0 Å². The molecule has 2 aromatic rings. The van der Waals surface area contributed by atoms with E-state index in [2.05, 4.69) is 10.2 Å². The number of rotatable bonds is 5. The van der Waals surface area contributed by atoms with Crippen LogP contribution in [0.1, 0.15) is 36.0 Å². The Labute approximate surface area is 153 Å². The highest BCUT2D eigenvalue weighted by Gasteiger charge is 2.32. The van der Waals surface area contributed by atoms with Crippen LogP contribution in [0.25, 0.3) is 0 Å². The second kappa shape index (κ2) is 7.46. The minimum Gasteiger partial charge on any atom is -0.457 e.